The summed E-state index contributed by atoms with van der Waals surface area (Å²) >= 11 is 0. The molecule has 0 radical (unpaired) electrons. The van der Waals surface area contributed by atoms with Crippen molar-refractivity contribution >= 4 is 22.7 Å². The Balaban J connectivity index is 1.88. The number of benzene rings is 1. The van der Waals surface area contributed by atoms with Crippen LogP contribution in [0.4, 0.5) is 5.82 Å². The van der Waals surface area contributed by atoms with Crippen LogP contribution in [0.2, 0.25) is 0 Å². The lowest BCUT2D eigenvalue weighted by molar-refractivity contribution is -0.141. The minimum atomic E-state index is -0.146. The molecule has 1 atom stereocenters. The number of ether oxygens (including phenoxy) is 1. The average Bonchev–Trinajstić information content (AvgIpc) is 2.55. The van der Waals surface area contributed by atoms with Crippen molar-refractivity contribution in [2.24, 2.45) is 0 Å². The van der Waals surface area contributed by atoms with Gasteiger partial charge in [-0.2, -0.15) is 0 Å². The van der Waals surface area contributed by atoms with Gasteiger partial charge >= 0.3 is 5.97 Å². The number of pyridine rings is 1. The molecule has 0 N–H and O–H groups in total. The number of carbonyl (C=O) groups excluding carboxylic acids is 1. The third-order valence-electron chi connectivity index (χ3n) is 4.14. The number of nitrogens with zero attached hydrogens (tertiary/aromatic N) is 2. The third kappa shape index (κ3) is 2.99. The summed E-state index contributed by atoms with van der Waals surface area (Å²) in [5, 5.41) is 1.14. The molecule has 1 unspecified atom stereocenters. The van der Waals surface area contributed by atoms with Gasteiger partial charge in [0.15, 0.2) is 0 Å². The first kappa shape index (κ1) is 13.9. The average molecular weight is 284 g/mol. The fourth-order valence-electron chi connectivity index (χ4n) is 3.01. The second kappa shape index (κ2) is 6.12. The van der Waals surface area contributed by atoms with E-state index in [1.165, 1.54) is 7.11 Å². The maximum atomic E-state index is 11.6. The molecule has 1 aromatic carbocycles. The van der Waals surface area contributed by atoms with Gasteiger partial charge in [0.05, 0.1) is 19.0 Å². The lowest BCUT2D eigenvalue weighted by atomic mass is 9.99. The molecule has 1 aromatic heterocycles. The van der Waals surface area contributed by atoms with Crippen molar-refractivity contribution in [3.8, 4) is 0 Å². The molecule has 0 amide bonds. The highest BCUT2D eigenvalue weighted by Gasteiger charge is 2.26. The van der Waals surface area contributed by atoms with E-state index >= 15 is 0 Å². The molecule has 110 valence electrons. The molecule has 3 rings (SSSR count). The van der Waals surface area contributed by atoms with Crippen LogP contribution in [0.3, 0.4) is 0 Å². The highest BCUT2D eigenvalue weighted by atomic mass is 16.5. The fraction of sp³-hybridized carbons (Fsp3) is 0.412. The molecule has 2 heterocycles. The molecule has 1 aliphatic rings. The number of piperidine rings is 1. The molecule has 0 aliphatic carbocycles. The van der Waals surface area contributed by atoms with Crippen LogP contribution in [0.25, 0.3) is 10.9 Å². The minimum absolute atomic E-state index is 0.146. The van der Waals surface area contributed by atoms with Gasteiger partial charge in [0.25, 0.3) is 0 Å². The quantitative estimate of drug-likeness (QED) is 0.812. The summed E-state index contributed by atoms with van der Waals surface area (Å²) < 4.78 is 4.82. The zero-order chi connectivity index (χ0) is 14.7. The molecule has 0 bridgehead atoms. The number of para-hydroxylation sites is 1. The summed E-state index contributed by atoms with van der Waals surface area (Å²) in [6.07, 6.45) is 3.76. The van der Waals surface area contributed by atoms with Gasteiger partial charge in [0.1, 0.15) is 5.82 Å². The van der Waals surface area contributed by atoms with Crippen LogP contribution in [0, 0.1) is 0 Å². The Kier molecular flexibility index (Phi) is 4.04. The van der Waals surface area contributed by atoms with Gasteiger partial charge in [-0.3, -0.25) is 4.79 Å². The molecular weight excluding hydrogens is 264 g/mol. The predicted molar refractivity (Wildman–Crippen MR) is 83.4 cm³/mol. The van der Waals surface area contributed by atoms with E-state index in [4.69, 9.17) is 9.72 Å². The summed E-state index contributed by atoms with van der Waals surface area (Å²) in [4.78, 5) is 18.6. The van der Waals surface area contributed by atoms with E-state index in [2.05, 4.69) is 23.1 Å². The molecule has 21 heavy (non-hydrogen) atoms. The molecule has 4 heteroatoms. The van der Waals surface area contributed by atoms with E-state index in [9.17, 15) is 4.79 Å². The Labute approximate surface area is 124 Å². The number of methoxy groups -OCH3 is 1. The van der Waals surface area contributed by atoms with Crippen LogP contribution in [0.15, 0.2) is 36.4 Å². The van der Waals surface area contributed by atoms with Crippen molar-refractivity contribution < 1.29 is 9.53 Å². The number of hydrogen-bond donors (Lipinski definition) is 0. The number of carbonyl (C=O) groups is 1. The van der Waals surface area contributed by atoms with Crippen molar-refractivity contribution in [1.82, 2.24) is 4.98 Å². The summed E-state index contributed by atoms with van der Waals surface area (Å²) in [6.45, 7) is 0.951. The monoisotopic (exact) mass is 284 g/mol. The first-order valence-corrected chi connectivity index (χ1v) is 7.47. The van der Waals surface area contributed by atoms with Gasteiger partial charge in [-0.05, 0) is 37.5 Å². The Morgan fingerprint density at radius 3 is 3.00 bits per heavy atom. The van der Waals surface area contributed by atoms with Crippen molar-refractivity contribution in [2.45, 2.75) is 31.7 Å². The zero-order valence-corrected chi connectivity index (χ0v) is 12.3. The number of esters is 1. The molecule has 0 spiro atoms. The second-order valence-corrected chi connectivity index (χ2v) is 5.49. The number of hydrogen-bond acceptors (Lipinski definition) is 4. The largest absolute Gasteiger partial charge is 0.469 e. The number of rotatable bonds is 3. The van der Waals surface area contributed by atoms with E-state index in [1.54, 1.807) is 0 Å². The Morgan fingerprint density at radius 1 is 1.29 bits per heavy atom. The summed E-state index contributed by atoms with van der Waals surface area (Å²) in [5.74, 6) is 0.815. The van der Waals surface area contributed by atoms with Gasteiger partial charge in [-0.25, -0.2) is 4.98 Å². The lowest BCUT2D eigenvalue weighted by Crippen LogP contribution is -2.41. The standard InChI is InChI=1S/C17H20N2O2/c1-21-17(20)12-14-7-4-5-11-19(14)16-10-9-13-6-2-3-8-15(13)18-16/h2-3,6,8-10,14H,4-5,7,11-12H2,1H3. The minimum Gasteiger partial charge on any atom is -0.469 e. The van der Waals surface area contributed by atoms with Crippen LogP contribution < -0.4 is 4.90 Å². The van der Waals surface area contributed by atoms with Crippen LogP contribution in [-0.4, -0.2) is 30.6 Å². The first-order chi connectivity index (χ1) is 10.3. The maximum Gasteiger partial charge on any atom is 0.307 e. The van der Waals surface area contributed by atoms with Gasteiger partial charge in [0.2, 0.25) is 0 Å². The number of aromatic nitrogens is 1. The van der Waals surface area contributed by atoms with E-state index in [0.29, 0.717) is 6.42 Å². The van der Waals surface area contributed by atoms with Crippen LogP contribution in [0.1, 0.15) is 25.7 Å². The third-order valence-corrected chi connectivity index (χ3v) is 4.14. The van der Waals surface area contributed by atoms with Crippen LogP contribution in [0.5, 0.6) is 0 Å². The lowest BCUT2D eigenvalue weighted by Gasteiger charge is -2.36. The van der Waals surface area contributed by atoms with Gasteiger partial charge in [0, 0.05) is 18.0 Å². The Bertz CT molecular complexity index is 641. The van der Waals surface area contributed by atoms with E-state index in [0.717, 1.165) is 42.5 Å². The van der Waals surface area contributed by atoms with E-state index in [1.807, 2.05) is 18.2 Å². The molecular formula is C17H20N2O2. The SMILES string of the molecule is COC(=O)CC1CCCCN1c1ccc2ccccc2n1. The zero-order valence-electron chi connectivity index (χ0n) is 12.3. The van der Waals surface area contributed by atoms with Gasteiger partial charge in [-0.1, -0.05) is 18.2 Å². The number of fused-ring (bicyclic) bond motifs is 1. The summed E-state index contributed by atoms with van der Waals surface area (Å²) in [5.41, 5.74) is 0.998. The van der Waals surface area contributed by atoms with Crippen LogP contribution >= 0.6 is 0 Å². The number of anilines is 1. The molecule has 1 aliphatic heterocycles. The fourth-order valence-corrected chi connectivity index (χ4v) is 3.01. The van der Waals surface area contributed by atoms with Crippen molar-refractivity contribution in [3.63, 3.8) is 0 Å². The van der Waals surface area contributed by atoms with Crippen molar-refractivity contribution in [1.29, 1.82) is 0 Å². The van der Waals surface area contributed by atoms with Crippen molar-refractivity contribution in [3.05, 3.63) is 36.4 Å². The van der Waals surface area contributed by atoms with Gasteiger partial charge < -0.3 is 9.64 Å². The van der Waals surface area contributed by atoms with Crippen molar-refractivity contribution in [2.75, 3.05) is 18.6 Å². The van der Waals surface area contributed by atoms with E-state index < -0.39 is 0 Å². The second-order valence-electron chi connectivity index (χ2n) is 5.49. The summed E-state index contributed by atoms with van der Waals surface area (Å²) in [7, 11) is 1.45. The molecule has 4 nitrogen and oxygen atoms in total. The van der Waals surface area contributed by atoms with E-state index in [-0.39, 0.29) is 12.0 Å². The smallest absolute Gasteiger partial charge is 0.307 e. The molecule has 2 aromatic rings. The highest BCUT2D eigenvalue weighted by molar-refractivity contribution is 5.80. The Morgan fingerprint density at radius 2 is 2.14 bits per heavy atom. The Hall–Kier alpha value is -2.10. The maximum absolute atomic E-state index is 11.6. The molecule has 1 saturated heterocycles. The highest BCUT2D eigenvalue weighted by Crippen LogP contribution is 2.27. The van der Waals surface area contributed by atoms with Gasteiger partial charge in [-0.15, -0.1) is 0 Å². The summed E-state index contributed by atoms with van der Waals surface area (Å²) in [6, 6.07) is 12.5. The topological polar surface area (TPSA) is 42.4 Å². The first-order valence-electron chi connectivity index (χ1n) is 7.47. The van der Waals surface area contributed by atoms with Crippen LogP contribution in [-0.2, 0) is 9.53 Å². The normalized spacial score (nSPS) is 18.7. The molecule has 1 fully saturated rings. The molecule has 0 saturated carbocycles. The predicted octanol–water partition coefficient (Wildman–Crippen LogP) is 3.16.